The van der Waals surface area contributed by atoms with E-state index in [2.05, 4.69) is 4.72 Å². The number of carbonyl (C=O) groups is 1. The molecule has 2 aromatic rings. The molecule has 0 bridgehead atoms. The van der Waals surface area contributed by atoms with E-state index in [0.717, 1.165) is 5.56 Å². The maximum absolute atomic E-state index is 12.3. The number of aryl methyl sites for hydroxylation is 1. The first kappa shape index (κ1) is 15.8. The molecule has 116 valence electrons. The molecule has 22 heavy (non-hydrogen) atoms. The molecule has 0 aliphatic heterocycles. The summed E-state index contributed by atoms with van der Waals surface area (Å²) in [7, 11) is -2.54. The van der Waals surface area contributed by atoms with E-state index in [4.69, 9.17) is 9.84 Å². The summed E-state index contributed by atoms with van der Waals surface area (Å²) in [6.07, 6.45) is 0. The Morgan fingerprint density at radius 3 is 2.32 bits per heavy atom. The van der Waals surface area contributed by atoms with E-state index in [1.807, 2.05) is 6.92 Å². The molecule has 0 aliphatic carbocycles. The second kappa shape index (κ2) is 6.07. The minimum atomic E-state index is -3.82. The van der Waals surface area contributed by atoms with Gasteiger partial charge in [-0.2, -0.15) is 0 Å². The summed E-state index contributed by atoms with van der Waals surface area (Å²) in [5.74, 6) is -1.20. The zero-order valence-corrected chi connectivity index (χ0v) is 12.8. The van der Waals surface area contributed by atoms with Gasteiger partial charge in [0, 0.05) is 11.8 Å². The van der Waals surface area contributed by atoms with Crippen LogP contribution in [0.1, 0.15) is 15.9 Å². The third-order valence-corrected chi connectivity index (χ3v) is 4.40. The van der Waals surface area contributed by atoms with Crippen LogP contribution in [0.25, 0.3) is 0 Å². The molecule has 7 heteroatoms. The number of rotatable bonds is 5. The molecule has 0 saturated heterocycles. The van der Waals surface area contributed by atoms with Crippen LogP contribution in [0.5, 0.6) is 5.75 Å². The lowest BCUT2D eigenvalue weighted by Gasteiger charge is -2.11. The van der Waals surface area contributed by atoms with E-state index < -0.39 is 16.0 Å². The number of carboxylic acid groups (broad SMARTS) is 1. The van der Waals surface area contributed by atoms with Crippen LogP contribution in [0.3, 0.4) is 0 Å². The van der Waals surface area contributed by atoms with Crippen LogP contribution in [0, 0.1) is 6.92 Å². The molecule has 0 amide bonds. The van der Waals surface area contributed by atoms with E-state index >= 15 is 0 Å². The lowest BCUT2D eigenvalue weighted by Crippen LogP contribution is -2.13. The van der Waals surface area contributed by atoms with Gasteiger partial charge in [-0.15, -0.1) is 0 Å². The first-order valence-electron chi connectivity index (χ1n) is 6.34. The number of benzene rings is 2. The summed E-state index contributed by atoms with van der Waals surface area (Å²) in [5.41, 5.74) is 1.33. The van der Waals surface area contributed by atoms with Crippen molar-refractivity contribution in [1.82, 2.24) is 0 Å². The van der Waals surface area contributed by atoms with Crippen molar-refractivity contribution in [3.63, 3.8) is 0 Å². The summed E-state index contributed by atoms with van der Waals surface area (Å²) >= 11 is 0. The standard InChI is InChI=1S/C15H15NO5S/c1-10-3-5-11(6-4-10)16-22(19,20)12-7-8-13(15(17)18)14(9-12)21-2/h3-9,16H,1-2H3,(H,17,18). The minimum Gasteiger partial charge on any atom is -0.496 e. The zero-order valence-electron chi connectivity index (χ0n) is 12.0. The molecule has 2 rings (SSSR count). The van der Waals surface area contributed by atoms with Gasteiger partial charge in [0.1, 0.15) is 11.3 Å². The van der Waals surface area contributed by atoms with Gasteiger partial charge in [0.2, 0.25) is 0 Å². The van der Waals surface area contributed by atoms with Gasteiger partial charge in [-0.1, -0.05) is 17.7 Å². The van der Waals surface area contributed by atoms with Crippen molar-refractivity contribution >= 4 is 21.7 Å². The number of anilines is 1. The van der Waals surface area contributed by atoms with Gasteiger partial charge in [0.15, 0.2) is 0 Å². The summed E-state index contributed by atoms with van der Waals surface area (Å²) in [6.45, 7) is 1.90. The molecular weight excluding hydrogens is 306 g/mol. The molecule has 0 spiro atoms. The van der Waals surface area contributed by atoms with Crippen molar-refractivity contribution in [1.29, 1.82) is 0 Å². The second-order valence-electron chi connectivity index (χ2n) is 4.64. The van der Waals surface area contributed by atoms with Crippen molar-refractivity contribution in [3.8, 4) is 5.75 Å². The van der Waals surface area contributed by atoms with Gasteiger partial charge >= 0.3 is 5.97 Å². The van der Waals surface area contributed by atoms with Crippen molar-refractivity contribution in [2.24, 2.45) is 0 Å². The van der Waals surface area contributed by atoms with Gasteiger partial charge in [0.25, 0.3) is 10.0 Å². The molecule has 0 fully saturated rings. The fourth-order valence-electron chi connectivity index (χ4n) is 1.85. The summed E-state index contributed by atoms with van der Waals surface area (Å²) in [6, 6.07) is 10.5. The summed E-state index contributed by atoms with van der Waals surface area (Å²) < 4.78 is 32.0. The number of carboxylic acids is 1. The maximum Gasteiger partial charge on any atom is 0.339 e. The minimum absolute atomic E-state index is 0.0146. The average molecular weight is 321 g/mol. The second-order valence-corrected chi connectivity index (χ2v) is 6.32. The quantitative estimate of drug-likeness (QED) is 0.882. The SMILES string of the molecule is COc1cc(S(=O)(=O)Nc2ccc(C)cc2)ccc1C(=O)O. The zero-order chi connectivity index (χ0) is 16.3. The third-order valence-electron chi connectivity index (χ3n) is 3.02. The van der Waals surface area contributed by atoms with Crippen LogP contribution < -0.4 is 9.46 Å². The van der Waals surface area contributed by atoms with Crippen LogP contribution in [0.4, 0.5) is 5.69 Å². The Kier molecular flexibility index (Phi) is 4.37. The number of aromatic carboxylic acids is 1. The number of hydrogen-bond acceptors (Lipinski definition) is 4. The molecule has 2 aromatic carbocycles. The van der Waals surface area contributed by atoms with E-state index in [1.165, 1.54) is 25.3 Å². The van der Waals surface area contributed by atoms with Crippen LogP contribution in [0.15, 0.2) is 47.4 Å². The highest BCUT2D eigenvalue weighted by atomic mass is 32.2. The van der Waals surface area contributed by atoms with Gasteiger partial charge in [0.05, 0.1) is 12.0 Å². The molecule has 2 N–H and O–H groups in total. The Morgan fingerprint density at radius 1 is 1.14 bits per heavy atom. The van der Waals surface area contributed by atoms with Crippen molar-refractivity contribution in [3.05, 3.63) is 53.6 Å². The van der Waals surface area contributed by atoms with Crippen LogP contribution in [0.2, 0.25) is 0 Å². The number of sulfonamides is 1. The topological polar surface area (TPSA) is 92.7 Å². The summed E-state index contributed by atoms with van der Waals surface area (Å²) in [5, 5.41) is 9.01. The van der Waals surface area contributed by atoms with Crippen molar-refractivity contribution in [2.45, 2.75) is 11.8 Å². The Morgan fingerprint density at radius 2 is 1.77 bits per heavy atom. The average Bonchev–Trinajstić information content (AvgIpc) is 2.48. The molecule has 6 nitrogen and oxygen atoms in total. The third kappa shape index (κ3) is 3.37. The van der Waals surface area contributed by atoms with E-state index in [9.17, 15) is 13.2 Å². The monoisotopic (exact) mass is 321 g/mol. The van der Waals surface area contributed by atoms with E-state index in [1.54, 1.807) is 24.3 Å². The smallest absolute Gasteiger partial charge is 0.339 e. The Balaban J connectivity index is 2.37. The predicted molar refractivity (Wildman–Crippen MR) is 81.9 cm³/mol. The van der Waals surface area contributed by atoms with Gasteiger partial charge < -0.3 is 9.84 Å². The fourth-order valence-corrected chi connectivity index (χ4v) is 2.92. The normalized spacial score (nSPS) is 11.0. The van der Waals surface area contributed by atoms with Gasteiger partial charge in [-0.3, -0.25) is 4.72 Å². The number of hydrogen-bond donors (Lipinski definition) is 2. The highest BCUT2D eigenvalue weighted by Gasteiger charge is 2.19. The first-order chi connectivity index (χ1) is 10.3. The molecule has 0 atom stereocenters. The molecule has 0 saturated carbocycles. The Bertz CT molecular complexity index is 797. The van der Waals surface area contributed by atoms with Crippen molar-refractivity contribution < 1.29 is 23.1 Å². The summed E-state index contributed by atoms with van der Waals surface area (Å²) in [4.78, 5) is 10.9. The molecule has 0 unspecified atom stereocenters. The van der Waals surface area contributed by atoms with Crippen LogP contribution in [-0.2, 0) is 10.0 Å². The lowest BCUT2D eigenvalue weighted by atomic mass is 10.2. The van der Waals surface area contributed by atoms with Gasteiger partial charge in [-0.05, 0) is 31.2 Å². The maximum atomic E-state index is 12.3. The van der Waals surface area contributed by atoms with E-state index in [0.29, 0.717) is 5.69 Å². The number of ether oxygens (including phenoxy) is 1. The van der Waals surface area contributed by atoms with Gasteiger partial charge in [-0.25, -0.2) is 13.2 Å². The molecule has 0 heterocycles. The lowest BCUT2D eigenvalue weighted by molar-refractivity contribution is 0.0693. The number of methoxy groups -OCH3 is 1. The van der Waals surface area contributed by atoms with Crippen molar-refractivity contribution in [2.75, 3.05) is 11.8 Å². The molecular formula is C15H15NO5S. The highest BCUT2D eigenvalue weighted by molar-refractivity contribution is 7.92. The fraction of sp³-hybridized carbons (Fsp3) is 0.133. The van der Waals surface area contributed by atoms with Crippen LogP contribution >= 0.6 is 0 Å². The highest BCUT2D eigenvalue weighted by Crippen LogP contribution is 2.24. The van der Waals surface area contributed by atoms with Crippen LogP contribution in [-0.4, -0.2) is 26.6 Å². The van der Waals surface area contributed by atoms with E-state index in [-0.39, 0.29) is 16.2 Å². The Labute approximate surface area is 128 Å². The molecule has 0 radical (unpaired) electrons. The molecule has 0 aromatic heterocycles. The Hall–Kier alpha value is -2.54. The predicted octanol–water partition coefficient (Wildman–Crippen LogP) is 2.50. The largest absolute Gasteiger partial charge is 0.496 e. The number of nitrogens with one attached hydrogen (secondary N) is 1. The first-order valence-corrected chi connectivity index (χ1v) is 7.82. The molecule has 0 aliphatic rings.